The minimum Gasteiger partial charge on any atom is -0.384 e. The lowest BCUT2D eigenvalue weighted by atomic mass is 9.79. The summed E-state index contributed by atoms with van der Waals surface area (Å²) in [7, 11) is 1.72. The van der Waals surface area contributed by atoms with E-state index in [-0.39, 0.29) is 36.1 Å². The molecule has 1 aliphatic rings. The van der Waals surface area contributed by atoms with Crippen LogP contribution < -0.4 is 10.6 Å². The average Bonchev–Trinajstić information content (AvgIpc) is 2.46. The zero-order valence-electron chi connectivity index (χ0n) is 13.1. The number of piperidine rings is 1. The van der Waals surface area contributed by atoms with Crippen LogP contribution in [0.1, 0.15) is 29.0 Å². The molecule has 22 heavy (non-hydrogen) atoms. The lowest BCUT2D eigenvalue weighted by molar-refractivity contribution is 0.0510. The van der Waals surface area contributed by atoms with Crippen molar-refractivity contribution in [3.05, 3.63) is 29.6 Å². The largest absolute Gasteiger partial charge is 0.384 e. The molecular weight excluding hydrogens is 325 g/mol. The summed E-state index contributed by atoms with van der Waals surface area (Å²) < 4.78 is 5.35. The Balaban J connectivity index is 0.00000220. The fourth-order valence-electron chi connectivity index (χ4n) is 2.66. The monoisotopic (exact) mass is 349 g/mol. The van der Waals surface area contributed by atoms with Gasteiger partial charge in [0.1, 0.15) is 5.69 Å². The van der Waals surface area contributed by atoms with Gasteiger partial charge < -0.3 is 15.4 Å². The third-order valence-electron chi connectivity index (χ3n) is 3.86. The summed E-state index contributed by atoms with van der Waals surface area (Å²) in [5, 5.41) is 6.36. The summed E-state index contributed by atoms with van der Waals surface area (Å²) in [5.74, 6) is -0.109. The van der Waals surface area contributed by atoms with Gasteiger partial charge in [0, 0.05) is 24.8 Å². The van der Waals surface area contributed by atoms with Crippen LogP contribution in [0.15, 0.2) is 18.2 Å². The Morgan fingerprint density at radius 2 is 2.05 bits per heavy atom. The molecule has 2 rings (SSSR count). The smallest absolute Gasteiger partial charge is 0.269 e. The molecule has 2 heterocycles. The van der Waals surface area contributed by atoms with Gasteiger partial charge in [-0.05, 0) is 45.0 Å². The number of amides is 1. The van der Waals surface area contributed by atoms with Gasteiger partial charge in [-0.15, -0.1) is 24.8 Å². The maximum absolute atomic E-state index is 12.2. The van der Waals surface area contributed by atoms with Gasteiger partial charge in [-0.2, -0.15) is 0 Å². The first-order valence-corrected chi connectivity index (χ1v) is 7.07. The first-order valence-electron chi connectivity index (χ1n) is 7.07. The highest BCUT2D eigenvalue weighted by Gasteiger charge is 2.32. The van der Waals surface area contributed by atoms with E-state index >= 15 is 0 Å². The minimum absolute atomic E-state index is 0. The van der Waals surface area contributed by atoms with Crippen molar-refractivity contribution < 1.29 is 9.53 Å². The molecule has 1 aliphatic heterocycles. The van der Waals surface area contributed by atoms with E-state index in [0.29, 0.717) is 18.8 Å². The standard InChI is InChI=1S/C15H23N3O2.2ClH/c1-12-4-3-5-13(18-12)14(19)17-10-15(11-20-2)6-8-16-9-7-15;;/h3-5,16H,6-11H2,1-2H3,(H,17,19);2*1H. The topological polar surface area (TPSA) is 63.2 Å². The highest BCUT2D eigenvalue weighted by molar-refractivity contribution is 5.92. The maximum Gasteiger partial charge on any atom is 0.269 e. The van der Waals surface area contributed by atoms with E-state index in [4.69, 9.17) is 4.74 Å². The number of ether oxygens (including phenoxy) is 1. The van der Waals surface area contributed by atoms with Crippen LogP contribution in [0.3, 0.4) is 0 Å². The van der Waals surface area contributed by atoms with Crippen molar-refractivity contribution in [2.75, 3.05) is 33.4 Å². The van der Waals surface area contributed by atoms with Gasteiger partial charge in [0.2, 0.25) is 0 Å². The molecular formula is C15H25Cl2N3O2. The second kappa shape index (κ2) is 10.0. The summed E-state index contributed by atoms with van der Waals surface area (Å²) in [5.41, 5.74) is 1.37. The number of halogens is 2. The third-order valence-corrected chi connectivity index (χ3v) is 3.86. The molecule has 0 bridgehead atoms. The maximum atomic E-state index is 12.2. The number of hydrogen-bond donors (Lipinski definition) is 2. The number of nitrogens with one attached hydrogen (secondary N) is 2. The second-order valence-electron chi connectivity index (χ2n) is 5.53. The van der Waals surface area contributed by atoms with Crippen molar-refractivity contribution in [1.29, 1.82) is 0 Å². The van der Waals surface area contributed by atoms with E-state index < -0.39 is 0 Å². The predicted molar refractivity (Wildman–Crippen MR) is 92.2 cm³/mol. The minimum atomic E-state index is -0.109. The Morgan fingerprint density at radius 3 is 2.64 bits per heavy atom. The molecule has 0 radical (unpaired) electrons. The van der Waals surface area contributed by atoms with E-state index in [1.54, 1.807) is 13.2 Å². The van der Waals surface area contributed by atoms with Crippen LogP contribution >= 0.6 is 24.8 Å². The van der Waals surface area contributed by atoms with Gasteiger partial charge in [-0.25, -0.2) is 4.98 Å². The van der Waals surface area contributed by atoms with Crippen molar-refractivity contribution >= 4 is 30.7 Å². The van der Waals surface area contributed by atoms with Crippen molar-refractivity contribution in [3.63, 3.8) is 0 Å². The molecule has 1 saturated heterocycles. The number of methoxy groups -OCH3 is 1. The van der Waals surface area contributed by atoms with E-state index in [1.807, 2.05) is 19.1 Å². The zero-order valence-corrected chi connectivity index (χ0v) is 14.7. The van der Waals surface area contributed by atoms with Gasteiger partial charge in [0.25, 0.3) is 5.91 Å². The van der Waals surface area contributed by atoms with Crippen LogP contribution in [0.4, 0.5) is 0 Å². The van der Waals surface area contributed by atoms with Crippen molar-refractivity contribution in [2.45, 2.75) is 19.8 Å². The molecule has 1 fully saturated rings. The quantitative estimate of drug-likeness (QED) is 0.853. The second-order valence-corrected chi connectivity index (χ2v) is 5.53. The van der Waals surface area contributed by atoms with E-state index in [1.165, 1.54) is 0 Å². The number of pyridine rings is 1. The van der Waals surface area contributed by atoms with Crippen LogP contribution in [0.5, 0.6) is 0 Å². The highest BCUT2D eigenvalue weighted by Crippen LogP contribution is 2.28. The number of carbonyl (C=O) groups is 1. The normalized spacial score (nSPS) is 16.1. The van der Waals surface area contributed by atoms with Crippen molar-refractivity contribution in [2.24, 2.45) is 5.41 Å². The summed E-state index contributed by atoms with van der Waals surface area (Å²) in [6, 6.07) is 5.48. The van der Waals surface area contributed by atoms with Gasteiger partial charge in [-0.1, -0.05) is 6.07 Å². The van der Waals surface area contributed by atoms with Gasteiger partial charge in [0.05, 0.1) is 6.61 Å². The average molecular weight is 350 g/mol. The molecule has 2 N–H and O–H groups in total. The molecule has 0 aliphatic carbocycles. The number of aryl methyl sites for hydroxylation is 1. The Labute approximate surface area is 144 Å². The number of hydrogen-bond acceptors (Lipinski definition) is 4. The Hall–Kier alpha value is -0.880. The first-order chi connectivity index (χ1) is 9.65. The predicted octanol–water partition coefficient (Wildman–Crippen LogP) is 1.98. The number of nitrogens with zero attached hydrogens (tertiary/aromatic N) is 1. The van der Waals surface area contributed by atoms with Gasteiger partial charge in [-0.3, -0.25) is 4.79 Å². The molecule has 1 aromatic rings. The van der Waals surface area contributed by atoms with E-state index in [2.05, 4.69) is 15.6 Å². The summed E-state index contributed by atoms with van der Waals surface area (Å²) in [6.45, 7) is 5.15. The highest BCUT2D eigenvalue weighted by atomic mass is 35.5. The number of carbonyl (C=O) groups excluding carboxylic acids is 1. The van der Waals surface area contributed by atoms with Crippen molar-refractivity contribution in [3.8, 4) is 0 Å². The van der Waals surface area contributed by atoms with Crippen LogP contribution in [-0.4, -0.2) is 44.2 Å². The molecule has 0 unspecified atom stereocenters. The molecule has 5 nitrogen and oxygen atoms in total. The molecule has 1 amide bonds. The SMILES string of the molecule is COCC1(CNC(=O)c2cccc(C)n2)CCNCC1.Cl.Cl. The van der Waals surface area contributed by atoms with Crippen LogP contribution in [0.25, 0.3) is 0 Å². The lowest BCUT2D eigenvalue weighted by Crippen LogP contribution is -2.47. The van der Waals surface area contributed by atoms with Crippen LogP contribution in [-0.2, 0) is 4.74 Å². The first kappa shape index (κ1) is 21.1. The van der Waals surface area contributed by atoms with E-state index in [9.17, 15) is 4.79 Å². The fourth-order valence-corrected chi connectivity index (χ4v) is 2.66. The summed E-state index contributed by atoms with van der Waals surface area (Å²) in [4.78, 5) is 16.4. The molecule has 7 heteroatoms. The molecule has 0 atom stereocenters. The Morgan fingerprint density at radius 1 is 1.36 bits per heavy atom. The molecule has 0 saturated carbocycles. The zero-order chi connectivity index (χ0) is 14.4. The van der Waals surface area contributed by atoms with E-state index in [0.717, 1.165) is 31.6 Å². The lowest BCUT2D eigenvalue weighted by Gasteiger charge is -2.37. The number of rotatable bonds is 5. The molecule has 0 spiro atoms. The van der Waals surface area contributed by atoms with Gasteiger partial charge in [0.15, 0.2) is 0 Å². The van der Waals surface area contributed by atoms with Gasteiger partial charge >= 0.3 is 0 Å². The summed E-state index contributed by atoms with van der Waals surface area (Å²) >= 11 is 0. The Bertz CT molecular complexity index is 460. The van der Waals surface area contributed by atoms with Crippen LogP contribution in [0, 0.1) is 12.3 Å². The van der Waals surface area contributed by atoms with Crippen LogP contribution in [0.2, 0.25) is 0 Å². The third kappa shape index (κ3) is 5.72. The molecule has 0 aromatic carbocycles. The number of aromatic nitrogens is 1. The Kier molecular flexibility index (Phi) is 9.60. The van der Waals surface area contributed by atoms with Crippen molar-refractivity contribution in [1.82, 2.24) is 15.6 Å². The molecule has 126 valence electrons. The fraction of sp³-hybridized carbons (Fsp3) is 0.600. The molecule has 1 aromatic heterocycles. The summed E-state index contributed by atoms with van der Waals surface area (Å²) in [6.07, 6.45) is 2.03.